The lowest BCUT2D eigenvalue weighted by Crippen LogP contribution is -1.99. The molecule has 2 aromatic carbocycles. The lowest BCUT2D eigenvalue weighted by Gasteiger charge is -2.03. The lowest BCUT2D eigenvalue weighted by atomic mass is 10.1. The Balaban J connectivity index is 1.73. The summed E-state index contributed by atoms with van der Waals surface area (Å²) in [6, 6.07) is 14.5. The van der Waals surface area contributed by atoms with Crippen LogP contribution < -0.4 is 5.73 Å². The van der Waals surface area contributed by atoms with Gasteiger partial charge in [0.05, 0.1) is 11.0 Å². The molecule has 1 heterocycles. The Bertz CT molecular complexity index is 733. The number of anilines is 1. The van der Waals surface area contributed by atoms with Crippen molar-refractivity contribution in [2.45, 2.75) is 18.8 Å². The summed E-state index contributed by atoms with van der Waals surface area (Å²) in [5, 5.41) is 0. The van der Waals surface area contributed by atoms with E-state index >= 15 is 0 Å². The number of nitrogens with two attached hydrogens (primary N) is 1. The summed E-state index contributed by atoms with van der Waals surface area (Å²) in [6.07, 6.45) is 2.15. The van der Waals surface area contributed by atoms with Crippen LogP contribution in [0.15, 0.2) is 42.5 Å². The van der Waals surface area contributed by atoms with Crippen LogP contribution in [0.25, 0.3) is 11.0 Å². The van der Waals surface area contributed by atoms with E-state index in [0.717, 1.165) is 35.4 Å². The number of nitrogen functional groups attached to an aromatic ring is 1. The summed E-state index contributed by atoms with van der Waals surface area (Å²) < 4.78 is 0. The molecule has 3 N–H and O–H groups in total. The van der Waals surface area contributed by atoms with Crippen LogP contribution in [0.5, 0.6) is 0 Å². The number of hydrogen-bond donors (Lipinski definition) is 2. The smallest absolute Gasteiger partial charge is 0.111 e. The molecule has 0 amide bonds. The molecule has 1 aliphatic carbocycles. The van der Waals surface area contributed by atoms with Gasteiger partial charge in [0.15, 0.2) is 0 Å². The molecule has 3 nitrogen and oxygen atoms in total. The summed E-state index contributed by atoms with van der Waals surface area (Å²) in [5.74, 6) is 1.54. The van der Waals surface area contributed by atoms with E-state index in [4.69, 9.17) is 10.7 Å². The number of nitrogens with zero attached hydrogens (tertiary/aromatic N) is 1. The maximum Gasteiger partial charge on any atom is 0.111 e. The topological polar surface area (TPSA) is 54.7 Å². The van der Waals surface area contributed by atoms with Crippen molar-refractivity contribution in [3.63, 3.8) is 0 Å². The van der Waals surface area contributed by atoms with Gasteiger partial charge in [-0.2, -0.15) is 0 Å². The standard InChI is InChI=1S/C16H15N3/c17-13-5-6-14-15(9-13)19-16(18-14)12-7-10-3-1-2-4-11(10)8-12/h1-6,9,12H,7-8,17H2,(H,18,19). The van der Waals surface area contributed by atoms with Gasteiger partial charge in [-0.25, -0.2) is 4.98 Å². The SMILES string of the molecule is Nc1ccc2nc(C3Cc4ccccc4C3)[nH]c2c1. The van der Waals surface area contributed by atoms with E-state index < -0.39 is 0 Å². The van der Waals surface area contributed by atoms with Gasteiger partial charge in [-0.1, -0.05) is 24.3 Å². The van der Waals surface area contributed by atoms with Crippen LogP contribution in [0.3, 0.4) is 0 Å². The zero-order chi connectivity index (χ0) is 12.8. The van der Waals surface area contributed by atoms with Crippen LogP contribution in [0.1, 0.15) is 22.9 Å². The maximum absolute atomic E-state index is 5.81. The average Bonchev–Trinajstić information content (AvgIpc) is 3.00. The van der Waals surface area contributed by atoms with E-state index in [1.165, 1.54) is 11.1 Å². The highest BCUT2D eigenvalue weighted by Crippen LogP contribution is 2.33. The first-order valence-corrected chi connectivity index (χ1v) is 6.61. The van der Waals surface area contributed by atoms with Gasteiger partial charge in [0.25, 0.3) is 0 Å². The second kappa shape index (κ2) is 3.85. The van der Waals surface area contributed by atoms with E-state index in [9.17, 15) is 0 Å². The summed E-state index contributed by atoms with van der Waals surface area (Å²) >= 11 is 0. The Kier molecular flexibility index (Phi) is 2.15. The van der Waals surface area contributed by atoms with Gasteiger partial charge >= 0.3 is 0 Å². The van der Waals surface area contributed by atoms with Gasteiger partial charge in [-0.15, -0.1) is 0 Å². The molecule has 0 bridgehead atoms. The Morgan fingerprint density at radius 2 is 1.79 bits per heavy atom. The molecule has 0 spiro atoms. The van der Waals surface area contributed by atoms with Gasteiger partial charge in [-0.05, 0) is 42.2 Å². The Labute approximate surface area is 111 Å². The van der Waals surface area contributed by atoms with Crippen molar-refractivity contribution in [3.8, 4) is 0 Å². The summed E-state index contributed by atoms with van der Waals surface area (Å²) in [7, 11) is 0. The van der Waals surface area contributed by atoms with Gasteiger partial charge in [0.1, 0.15) is 5.82 Å². The number of aromatic nitrogens is 2. The molecule has 0 saturated carbocycles. The third kappa shape index (κ3) is 1.70. The van der Waals surface area contributed by atoms with Crippen molar-refractivity contribution < 1.29 is 0 Å². The highest BCUT2D eigenvalue weighted by molar-refractivity contribution is 5.78. The molecule has 94 valence electrons. The van der Waals surface area contributed by atoms with Crippen LogP contribution in [-0.2, 0) is 12.8 Å². The van der Waals surface area contributed by atoms with Crippen LogP contribution >= 0.6 is 0 Å². The van der Waals surface area contributed by atoms with Crippen molar-refractivity contribution in [2.75, 3.05) is 5.73 Å². The third-order valence-electron chi connectivity index (χ3n) is 3.96. The molecule has 0 saturated heterocycles. The molecule has 4 rings (SSSR count). The summed E-state index contributed by atoms with van der Waals surface area (Å²) in [6.45, 7) is 0. The molecule has 1 aliphatic rings. The van der Waals surface area contributed by atoms with Gasteiger partial charge < -0.3 is 10.7 Å². The highest BCUT2D eigenvalue weighted by atomic mass is 14.9. The molecule has 0 atom stereocenters. The van der Waals surface area contributed by atoms with Crippen molar-refractivity contribution >= 4 is 16.7 Å². The number of aromatic amines is 1. The maximum atomic E-state index is 5.81. The minimum absolute atomic E-state index is 0.464. The average molecular weight is 249 g/mol. The first-order chi connectivity index (χ1) is 9.29. The second-order valence-corrected chi connectivity index (χ2v) is 5.27. The number of imidazole rings is 1. The fraction of sp³-hybridized carbons (Fsp3) is 0.188. The first kappa shape index (κ1) is 10.6. The minimum atomic E-state index is 0.464. The van der Waals surface area contributed by atoms with Gasteiger partial charge in [0.2, 0.25) is 0 Å². The quantitative estimate of drug-likeness (QED) is 0.651. The minimum Gasteiger partial charge on any atom is -0.399 e. The number of nitrogens with one attached hydrogen (secondary N) is 1. The second-order valence-electron chi connectivity index (χ2n) is 5.27. The zero-order valence-corrected chi connectivity index (χ0v) is 10.6. The molecular formula is C16H15N3. The Morgan fingerprint density at radius 1 is 1.05 bits per heavy atom. The fourth-order valence-electron chi connectivity index (χ4n) is 2.99. The molecule has 0 fully saturated rings. The van der Waals surface area contributed by atoms with Gasteiger partial charge in [0, 0.05) is 11.6 Å². The molecule has 0 aliphatic heterocycles. The number of hydrogen-bond acceptors (Lipinski definition) is 2. The molecule has 3 aromatic rings. The molecular weight excluding hydrogens is 234 g/mol. The molecule has 19 heavy (non-hydrogen) atoms. The highest BCUT2D eigenvalue weighted by Gasteiger charge is 2.24. The summed E-state index contributed by atoms with van der Waals surface area (Å²) in [4.78, 5) is 8.13. The predicted octanol–water partition coefficient (Wildman–Crippen LogP) is 3.03. The summed E-state index contributed by atoms with van der Waals surface area (Å²) in [5.41, 5.74) is 11.5. The number of fused-ring (bicyclic) bond motifs is 2. The molecule has 0 unspecified atom stereocenters. The van der Waals surface area contributed by atoms with Crippen molar-refractivity contribution in [1.82, 2.24) is 9.97 Å². The van der Waals surface area contributed by atoms with Crippen LogP contribution in [0.2, 0.25) is 0 Å². The molecule has 0 radical (unpaired) electrons. The Hall–Kier alpha value is -2.29. The van der Waals surface area contributed by atoms with E-state index in [0.29, 0.717) is 5.92 Å². The fourth-order valence-corrected chi connectivity index (χ4v) is 2.99. The van der Waals surface area contributed by atoms with E-state index in [-0.39, 0.29) is 0 Å². The van der Waals surface area contributed by atoms with Crippen LogP contribution in [0, 0.1) is 0 Å². The van der Waals surface area contributed by atoms with E-state index in [1.807, 2.05) is 18.2 Å². The number of H-pyrrole nitrogens is 1. The normalized spacial score (nSPS) is 14.9. The molecule has 3 heteroatoms. The van der Waals surface area contributed by atoms with Crippen LogP contribution in [-0.4, -0.2) is 9.97 Å². The van der Waals surface area contributed by atoms with Gasteiger partial charge in [-0.3, -0.25) is 0 Å². The number of benzene rings is 2. The van der Waals surface area contributed by atoms with Crippen molar-refractivity contribution in [3.05, 3.63) is 59.4 Å². The largest absolute Gasteiger partial charge is 0.399 e. The van der Waals surface area contributed by atoms with Crippen molar-refractivity contribution in [2.24, 2.45) is 0 Å². The first-order valence-electron chi connectivity index (χ1n) is 6.61. The van der Waals surface area contributed by atoms with E-state index in [2.05, 4.69) is 29.2 Å². The monoisotopic (exact) mass is 249 g/mol. The zero-order valence-electron chi connectivity index (χ0n) is 10.6. The van der Waals surface area contributed by atoms with E-state index in [1.54, 1.807) is 0 Å². The Morgan fingerprint density at radius 3 is 2.53 bits per heavy atom. The lowest BCUT2D eigenvalue weighted by molar-refractivity contribution is 0.697. The third-order valence-corrected chi connectivity index (χ3v) is 3.96. The number of rotatable bonds is 1. The molecule has 1 aromatic heterocycles. The van der Waals surface area contributed by atoms with Crippen molar-refractivity contribution in [1.29, 1.82) is 0 Å². The van der Waals surface area contributed by atoms with Crippen LogP contribution in [0.4, 0.5) is 5.69 Å². The predicted molar refractivity (Wildman–Crippen MR) is 77.1 cm³/mol.